The molecule has 0 aliphatic heterocycles. The van der Waals surface area contributed by atoms with Crippen molar-refractivity contribution in [2.75, 3.05) is 0 Å². The molecule has 1 amide bonds. The van der Waals surface area contributed by atoms with Crippen molar-refractivity contribution in [1.82, 2.24) is 15.5 Å². The highest BCUT2D eigenvalue weighted by atomic mass is 16.5. The molecular formula is C12H14N4O2. The maximum atomic E-state index is 11.8. The highest BCUT2D eigenvalue weighted by molar-refractivity contribution is 5.82. The molecule has 0 fully saturated rings. The fourth-order valence-electron chi connectivity index (χ4n) is 1.50. The van der Waals surface area contributed by atoms with E-state index < -0.39 is 6.04 Å². The summed E-state index contributed by atoms with van der Waals surface area (Å²) < 4.78 is 4.88. The van der Waals surface area contributed by atoms with Crippen LogP contribution in [0.15, 0.2) is 34.9 Å². The molecule has 18 heavy (non-hydrogen) atoms. The molecule has 94 valence electrons. The Bertz CT molecular complexity index is 524. The van der Waals surface area contributed by atoms with Gasteiger partial charge in [0, 0.05) is 0 Å². The summed E-state index contributed by atoms with van der Waals surface area (Å²) in [7, 11) is 0. The van der Waals surface area contributed by atoms with Crippen molar-refractivity contribution >= 4 is 5.91 Å². The van der Waals surface area contributed by atoms with Gasteiger partial charge in [0.1, 0.15) is 6.04 Å². The van der Waals surface area contributed by atoms with Gasteiger partial charge in [0.25, 0.3) is 0 Å². The van der Waals surface area contributed by atoms with Crippen LogP contribution in [0.3, 0.4) is 0 Å². The second-order valence-corrected chi connectivity index (χ2v) is 3.84. The maximum absolute atomic E-state index is 11.8. The molecule has 0 bridgehead atoms. The number of rotatable bonds is 4. The van der Waals surface area contributed by atoms with Gasteiger partial charge in [0.15, 0.2) is 5.82 Å². The third kappa shape index (κ3) is 2.92. The zero-order valence-corrected chi connectivity index (χ0v) is 9.96. The van der Waals surface area contributed by atoms with Gasteiger partial charge >= 0.3 is 0 Å². The van der Waals surface area contributed by atoms with Crippen molar-refractivity contribution in [2.45, 2.75) is 19.5 Å². The maximum Gasteiger partial charge on any atom is 0.246 e. The summed E-state index contributed by atoms with van der Waals surface area (Å²) in [6, 6.07) is 8.46. The molecule has 0 saturated heterocycles. The lowest BCUT2D eigenvalue weighted by molar-refractivity contribution is -0.122. The summed E-state index contributed by atoms with van der Waals surface area (Å²) in [4.78, 5) is 15.8. The number of hydrogen-bond donors (Lipinski definition) is 2. The summed E-state index contributed by atoms with van der Waals surface area (Å²) in [5.74, 6) is 0.616. The molecule has 2 aromatic rings. The number of aromatic nitrogens is 2. The van der Waals surface area contributed by atoms with E-state index >= 15 is 0 Å². The highest BCUT2D eigenvalue weighted by Crippen LogP contribution is 2.09. The van der Waals surface area contributed by atoms with Gasteiger partial charge in [-0.25, -0.2) is 0 Å². The molecule has 0 spiro atoms. The third-order valence-corrected chi connectivity index (χ3v) is 2.42. The third-order valence-electron chi connectivity index (χ3n) is 2.42. The number of carbonyl (C=O) groups is 1. The van der Waals surface area contributed by atoms with Gasteiger partial charge in [-0.2, -0.15) is 4.98 Å². The van der Waals surface area contributed by atoms with Crippen LogP contribution < -0.4 is 11.1 Å². The lowest BCUT2D eigenvalue weighted by Gasteiger charge is -2.11. The SMILES string of the molecule is Cc1noc(CNC(=O)[C@@H](N)c2ccccc2)n1. The fraction of sp³-hybridized carbons (Fsp3) is 0.250. The average Bonchev–Trinajstić information content (AvgIpc) is 2.82. The number of nitrogens with zero attached hydrogens (tertiary/aromatic N) is 2. The van der Waals surface area contributed by atoms with Crippen molar-refractivity contribution in [3.8, 4) is 0 Å². The van der Waals surface area contributed by atoms with E-state index in [-0.39, 0.29) is 12.5 Å². The van der Waals surface area contributed by atoms with Crippen LogP contribution in [0, 0.1) is 6.92 Å². The molecule has 0 aliphatic rings. The summed E-state index contributed by atoms with van der Waals surface area (Å²) in [6.45, 7) is 1.89. The Morgan fingerprint density at radius 1 is 1.44 bits per heavy atom. The predicted molar refractivity (Wildman–Crippen MR) is 64.3 cm³/mol. The van der Waals surface area contributed by atoms with Crippen molar-refractivity contribution in [1.29, 1.82) is 0 Å². The molecule has 6 heteroatoms. The van der Waals surface area contributed by atoms with Gasteiger partial charge < -0.3 is 15.6 Å². The molecule has 0 unspecified atom stereocenters. The van der Waals surface area contributed by atoms with Gasteiger partial charge in [0.2, 0.25) is 11.8 Å². The van der Waals surface area contributed by atoms with Crippen LogP contribution in [-0.4, -0.2) is 16.0 Å². The lowest BCUT2D eigenvalue weighted by atomic mass is 10.1. The summed E-state index contributed by atoms with van der Waals surface area (Å²) in [6.07, 6.45) is 0. The second-order valence-electron chi connectivity index (χ2n) is 3.84. The minimum absolute atomic E-state index is 0.181. The molecule has 1 aromatic carbocycles. The first-order valence-corrected chi connectivity index (χ1v) is 5.54. The van der Waals surface area contributed by atoms with Crippen molar-refractivity contribution in [3.05, 3.63) is 47.6 Å². The number of nitrogens with two attached hydrogens (primary N) is 1. The second kappa shape index (κ2) is 5.42. The van der Waals surface area contributed by atoms with Crippen molar-refractivity contribution in [2.24, 2.45) is 5.73 Å². The normalized spacial score (nSPS) is 12.1. The van der Waals surface area contributed by atoms with Gasteiger partial charge in [0.05, 0.1) is 6.54 Å². The van der Waals surface area contributed by atoms with Gasteiger partial charge in [-0.05, 0) is 12.5 Å². The molecule has 0 aliphatic carbocycles. The first kappa shape index (κ1) is 12.3. The van der Waals surface area contributed by atoms with E-state index in [1.807, 2.05) is 18.2 Å². The topological polar surface area (TPSA) is 94.0 Å². The first-order chi connectivity index (χ1) is 8.66. The van der Waals surface area contributed by atoms with E-state index in [9.17, 15) is 4.79 Å². The standard InChI is InChI=1S/C12H14N4O2/c1-8-15-10(18-16-8)7-14-12(17)11(13)9-5-3-2-4-6-9/h2-6,11H,7,13H2,1H3,(H,14,17)/t11-/m0/s1. The van der Waals surface area contributed by atoms with Crippen molar-refractivity contribution < 1.29 is 9.32 Å². The van der Waals surface area contributed by atoms with E-state index in [4.69, 9.17) is 10.3 Å². The summed E-state index contributed by atoms with van der Waals surface area (Å²) in [5, 5.41) is 6.28. The quantitative estimate of drug-likeness (QED) is 0.827. The number of amides is 1. The number of nitrogens with one attached hydrogen (secondary N) is 1. The van der Waals surface area contributed by atoms with Crippen LogP contribution in [0.4, 0.5) is 0 Å². The van der Waals surface area contributed by atoms with E-state index in [0.29, 0.717) is 11.7 Å². The number of benzene rings is 1. The number of aryl methyl sites for hydroxylation is 1. The minimum atomic E-state index is -0.699. The van der Waals surface area contributed by atoms with E-state index in [1.54, 1.807) is 19.1 Å². The zero-order valence-electron chi connectivity index (χ0n) is 9.96. The molecule has 1 heterocycles. The van der Waals surface area contributed by atoms with E-state index in [2.05, 4.69) is 15.5 Å². The zero-order chi connectivity index (χ0) is 13.0. The molecule has 2 rings (SSSR count). The fourth-order valence-corrected chi connectivity index (χ4v) is 1.50. The van der Waals surface area contributed by atoms with Crippen LogP contribution in [-0.2, 0) is 11.3 Å². The molecule has 3 N–H and O–H groups in total. The Labute approximate surface area is 104 Å². The van der Waals surface area contributed by atoms with Gasteiger partial charge in [-0.15, -0.1) is 0 Å². The largest absolute Gasteiger partial charge is 0.345 e. The van der Waals surface area contributed by atoms with Crippen LogP contribution in [0.25, 0.3) is 0 Å². The summed E-state index contributed by atoms with van der Waals surface area (Å²) in [5.41, 5.74) is 6.59. The van der Waals surface area contributed by atoms with Crippen LogP contribution in [0.5, 0.6) is 0 Å². The van der Waals surface area contributed by atoms with Crippen molar-refractivity contribution in [3.63, 3.8) is 0 Å². The van der Waals surface area contributed by atoms with E-state index in [1.165, 1.54) is 0 Å². The number of hydrogen-bond acceptors (Lipinski definition) is 5. The Balaban J connectivity index is 1.92. The van der Waals surface area contributed by atoms with Gasteiger partial charge in [-0.1, -0.05) is 35.5 Å². The Morgan fingerprint density at radius 3 is 2.78 bits per heavy atom. The average molecular weight is 246 g/mol. The Morgan fingerprint density at radius 2 is 2.17 bits per heavy atom. The Hall–Kier alpha value is -2.21. The Kier molecular flexibility index (Phi) is 3.69. The van der Waals surface area contributed by atoms with Crippen LogP contribution >= 0.6 is 0 Å². The molecule has 0 radical (unpaired) electrons. The molecule has 1 atom stereocenters. The smallest absolute Gasteiger partial charge is 0.246 e. The monoisotopic (exact) mass is 246 g/mol. The van der Waals surface area contributed by atoms with E-state index in [0.717, 1.165) is 5.56 Å². The number of carbonyl (C=O) groups excluding carboxylic acids is 1. The highest BCUT2D eigenvalue weighted by Gasteiger charge is 2.15. The lowest BCUT2D eigenvalue weighted by Crippen LogP contribution is -2.33. The molecule has 6 nitrogen and oxygen atoms in total. The van der Waals surface area contributed by atoms with Crippen LogP contribution in [0.2, 0.25) is 0 Å². The van der Waals surface area contributed by atoms with Gasteiger partial charge in [-0.3, -0.25) is 4.79 Å². The molecule has 0 saturated carbocycles. The van der Waals surface area contributed by atoms with Crippen LogP contribution in [0.1, 0.15) is 23.3 Å². The molecular weight excluding hydrogens is 232 g/mol. The predicted octanol–water partition coefficient (Wildman–Crippen LogP) is 0.694. The molecule has 1 aromatic heterocycles. The summed E-state index contributed by atoms with van der Waals surface area (Å²) >= 11 is 0. The first-order valence-electron chi connectivity index (χ1n) is 5.54. The minimum Gasteiger partial charge on any atom is -0.345 e.